The first-order valence-corrected chi connectivity index (χ1v) is 11.8. The maximum atomic E-state index is 13.4. The number of carbonyl (C=O) groups excluding carboxylic acids is 2. The molecular formula is C25H22FN3O5S. The Bertz CT molecular complexity index is 1430. The number of benzene rings is 2. The predicted octanol–water partition coefficient (Wildman–Crippen LogP) is 4.34. The van der Waals surface area contributed by atoms with E-state index in [2.05, 4.69) is 10.4 Å². The first-order valence-electron chi connectivity index (χ1n) is 10.9. The minimum absolute atomic E-state index is 0.0750. The molecule has 0 spiro atoms. The van der Waals surface area contributed by atoms with Gasteiger partial charge in [-0.3, -0.25) is 9.59 Å². The van der Waals surface area contributed by atoms with Crippen molar-refractivity contribution in [2.45, 2.75) is 20.3 Å². The summed E-state index contributed by atoms with van der Waals surface area (Å²) in [5.74, 6) is -0.814. The van der Waals surface area contributed by atoms with Gasteiger partial charge in [0.25, 0.3) is 5.56 Å². The summed E-state index contributed by atoms with van der Waals surface area (Å²) in [4.78, 5) is 38.7. The maximum absolute atomic E-state index is 13.4. The molecule has 0 aliphatic heterocycles. The molecule has 0 aliphatic rings. The van der Waals surface area contributed by atoms with Crippen molar-refractivity contribution in [3.8, 4) is 11.4 Å². The summed E-state index contributed by atoms with van der Waals surface area (Å²) in [5.41, 5.74) is 0.400. The van der Waals surface area contributed by atoms with E-state index >= 15 is 0 Å². The molecule has 0 saturated heterocycles. The fourth-order valence-corrected chi connectivity index (χ4v) is 4.43. The summed E-state index contributed by atoms with van der Waals surface area (Å²) >= 11 is 1.11. The van der Waals surface area contributed by atoms with E-state index in [0.29, 0.717) is 12.4 Å². The highest BCUT2D eigenvalue weighted by atomic mass is 32.1. The van der Waals surface area contributed by atoms with Gasteiger partial charge in [-0.2, -0.15) is 9.78 Å². The SMILES string of the molecule is CCOC(=O)c1nn(-c2ccc(F)cc2)c(=O)c2c(NC(=O)Cc3ccc(OCC)cc3)scc12. The van der Waals surface area contributed by atoms with E-state index in [1.165, 1.54) is 24.3 Å². The molecule has 0 unspecified atom stereocenters. The van der Waals surface area contributed by atoms with Gasteiger partial charge in [0, 0.05) is 10.8 Å². The molecule has 4 aromatic rings. The molecule has 0 bridgehead atoms. The number of hydrogen-bond acceptors (Lipinski definition) is 7. The highest BCUT2D eigenvalue weighted by Crippen LogP contribution is 2.31. The van der Waals surface area contributed by atoms with Gasteiger partial charge < -0.3 is 14.8 Å². The lowest BCUT2D eigenvalue weighted by Gasteiger charge is -2.10. The number of rotatable bonds is 8. The molecule has 0 aliphatic carbocycles. The number of ether oxygens (including phenoxy) is 2. The van der Waals surface area contributed by atoms with Gasteiger partial charge in [-0.1, -0.05) is 12.1 Å². The molecule has 8 nitrogen and oxygen atoms in total. The van der Waals surface area contributed by atoms with Gasteiger partial charge in [0.15, 0.2) is 5.69 Å². The average Bonchev–Trinajstić information content (AvgIpc) is 3.25. The van der Waals surface area contributed by atoms with Crippen LogP contribution in [-0.4, -0.2) is 34.9 Å². The number of esters is 1. The highest BCUT2D eigenvalue weighted by molar-refractivity contribution is 7.16. The van der Waals surface area contributed by atoms with Crippen molar-refractivity contribution >= 4 is 39.0 Å². The minimum atomic E-state index is -0.710. The number of carbonyl (C=O) groups is 2. The molecule has 1 amide bonds. The predicted molar refractivity (Wildman–Crippen MR) is 131 cm³/mol. The van der Waals surface area contributed by atoms with Crippen molar-refractivity contribution in [2.24, 2.45) is 0 Å². The molecule has 0 fully saturated rings. The van der Waals surface area contributed by atoms with Crippen LogP contribution in [0, 0.1) is 5.82 Å². The second-order valence-corrected chi connectivity index (χ2v) is 8.30. The van der Waals surface area contributed by atoms with Crippen molar-refractivity contribution in [1.82, 2.24) is 9.78 Å². The Morgan fingerprint density at radius 2 is 1.77 bits per heavy atom. The van der Waals surface area contributed by atoms with Gasteiger partial charge in [-0.05, 0) is 55.8 Å². The van der Waals surface area contributed by atoms with E-state index in [4.69, 9.17) is 9.47 Å². The number of anilines is 1. The van der Waals surface area contributed by atoms with E-state index in [9.17, 15) is 18.8 Å². The van der Waals surface area contributed by atoms with E-state index < -0.39 is 17.3 Å². The molecule has 0 radical (unpaired) electrons. The zero-order valence-electron chi connectivity index (χ0n) is 19.0. The van der Waals surface area contributed by atoms with Gasteiger partial charge in [0.05, 0.1) is 30.7 Å². The Labute approximate surface area is 203 Å². The minimum Gasteiger partial charge on any atom is -0.494 e. The summed E-state index contributed by atoms with van der Waals surface area (Å²) < 4.78 is 25.0. The summed E-state index contributed by atoms with van der Waals surface area (Å²) in [6.45, 7) is 4.21. The summed E-state index contributed by atoms with van der Waals surface area (Å²) in [7, 11) is 0. The van der Waals surface area contributed by atoms with Crippen LogP contribution in [-0.2, 0) is 16.0 Å². The zero-order chi connectivity index (χ0) is 24.9. The molecule has 2 aromatic carbocycles. The van der Waals surface area contributed by atoms with Gasteiger partial charge in [0.2, 0.25) is 5.91 Å². The molecule has 180 valence electrons. The topological polar surface area (TPSA) is 99.5 Å². The fourth-order valence-electron chi connectivity index (χ4n) is 3.48. The van der Waals surface area contributed by atoms with Crippen molar-refractivity contribution in [3.63, 3.8) is 0 Å². The molecule has 35 heavy (non-hydrogen) atoms. The van der Waals surface area contributed by atoms with Crippen LogP contribution in [0.4, 0.5) is 9.39 Å². The lowest BCUT2D eigenvalue weighted by Crippen LogP contribution is -2.25. The monoisotopic (exact) mass is 495 g/mol. The highest BCUT2D eigenvalue weighted by Gasteiger charge is 2.23. The van der Waals surface area contributed by atoms with Gasteiger partial charge in [-0.25, -0.2) is 9.18 Å². The standard InChI is InChI=1S/C25H22FN3O5S/c1-3-33-18-11-5-15(6-12-18)13-20(30)27-23-21-19(14-35-23)22(25(32)34-4-2)28-29(24(21)31)17-9-7-16(26)8-10-17/h5-12,14H,3-4,13H2,1-2H3,(H,27,30). The first kappa shape index (κ1) is 24.1. The fraction of sp³-hybridized carbons (Fsp3) is 0.200. The molecule has 0 atom stereocenters. The Morgan fingerprint density at radius 1 is 1.06 bits per heavy atom. The summed E-state index contributed by atoms with van der Waals surface area (Å²) in [6.07, 6.45) is 0.0772. The molecular weight excluding hydrogens is 473 g/mol. The second-order valence-electron chi connectivity index (χ2n) is 7.42. The van der Waals surface area contributed by atoms with Crippen molar-refractivity contribution in [3.05, 3.63) is 81.3 Å². The van der Waals surface area contributed by atoms with Crippen LogP contribution in [0.1, 0.15) is 29.9 Å². The maximum Gasteiger partial charge on any atom is 0.359 e. The lowest BCUT2D eigenvalue weighted by atomic mass is 10.1. The van der Waals surface area contributed by atoms with Crippen LogP contribution < -0.4 is 15.6 Å². The normalized spacial score (nSPS) is 10.8. The largest absolute Gasteiger partial charge is 0.494 e. The lowest BCUT2D eigenvalue weighted by molar-refractivity contribution is -0.115. The van der Waals surface area contributed by atoms with E-state index in [1.54, 1.807) is 36.6 Å². The van der Waals surface area contributed by atoms with E-state index in [-0.39, 0.29) is 46.1 Å². The Balaban J connectivity index is 1.71. The Morgan fingerprint density at radius 3 is 2.43 bits per heavy atom. The molecule has 2 aromatic heterocycles. The van der Waals surface area contributed by atoms with Crippen LogP contribution in [0.15, 0.2) is 58.7 Å². The first-order chi connectivity index (χ1) is 16.9. The number of halogens is 1. The number of nitrogens with zero attached hydrogens (tertiary/aromatic N) is 2. The third kappa shape index (κ3) is 5.22. The van der Waals surface area contributed by atoms with E-state index in [0.717, 1.165) is 21.6 Å². The molecule has 10 heteroatoms. The van der Waals surface area contributed by atoms with Crippen molar-refractivity contribution in [2.75, 3.05) is 18.5 Å². The number of nitrogens with one attached hydrogen (secondary N) is 1. The van der Waals surface area contributed by atoms with Crippen LogP contribution in [0.25, 0.3) is 16.5 Å². The number of hydrogen-bond donors (Lipinski definition) is 1. The van der Waals surface area contributed by atoms with Crippen molar-refractivity contribution < 1.29 is 23.5 Å². The number of aromatic nitrogens is 2. The van der Waals surface area contributed by atoms with E-state index in [1.807, 2.05) is 6.92 Å². The van der Waals surface area contributed by atoms with Gasteiger partial charge in [0.1, 0.15) is 16.6 Å². The van der Waals surface area contributed by atoms with Crippen LogP contribution in [0.3, 0.4) is 0 Å². The number of thiophene rings is 1. The third-order valence-electron chi connectivity index (χ3n) is 5.04. The summed E-state index contributed by atoms with van der Waals surface area (Å²) in [6, 6.07) is 12.3. The zero-order valence-corrected chi connectivity index (χ0v) is 19.9. The van der Waals surface area contributed by atoms with Gasteiger partial charge in [-0.15, -0.1) is 11.3 Å². The number of amides is 1. The average molecular weight is 496 g/mol. The van der Waals surface area contributed by atoms with Crippen LogP contribution in [0.2, 0.25) is 0 Å². The van der Waals surface area contributed by atoms with Crippen LogP contribution >= 0.6 is 11.3 Å². The van der Waals surface area contributed by atoms with Gasteiger partial charge >= 0.3 is 5.97 Å². The summed E-state index contributed by atoms with van der Waals surface area (Å²) in [5, 5.41) is 9.22. The Kier molecular flexibility index (Phi) is 7.21. The quantitative estimate of drug-likeness (QED) is 0.365. The molecule has 4 rings (SSSR count). The third-order valence-corrected chi connectivity index (χ3v) is 5.94. The second kappa shape index (κ2) is 10.5. The molecule has 1 N–H and O–H groups in total. The Hall–Kier alpha value is -4.05. The van der Waals surface area contributed by atoms with Crippen LogP contribution in [0.5, 0.6) is 5.75 Å². The number of fused-ring (bicyclic) bond motifs is 1. The smallest absolute Gasteiger partial charge is 0.359 e. The molecule has 0 saturated carbocycles. The molecule has 2 heterocycles. The van der Waals surface area contributed by atoms with Crippen molar-refractivity contribution in [1.29, 1.82) is 0 Å².